The third kappa shape index (κ3) is 6.19. The Morgan fingerprint density at radius 3 is 2.41 bits per heavy atom. The van der Waals surface area contributed by atoms with E-state index < -0.39 is 18.1 Å². The molecule has 0 heterocycles. The molecular formula is C19H17N3O5. The number of phenolic OH excluding ortho intramolecular Hbond substituents is 1. The number of nitrogens with zero attached hydrogens (tertiary/aromatic N) is 1. The molecule has 0 radical (unpaired) electrons. The van der Waals surface area contributed by atoms with Crippen molar-refractivity contribution in [3.63, 3.8) is 0 Å². The van der Waals surface area contributed by atoms with Gasteiger partial charge in [0.05, 0.1) is 11.6 Å². The Morgan fingerprint density at radius 1 is 1.15 bits per heavy atom. The molecule has 27 heavy (non-hydrogen) atoms. The summed E-state index contributed by atoms with van der Waals surface area (Å²) >= 11 is 0. The van der Waals surface area contributed by atoms with Crippen molar-refractivity contribution >= 4 is 17.7 Å². The molecule has 0 aromatic heterocycles. The number of aromatic hydroxyl groups is 1. The molecule has 0 aliphatic heterocycles. The van der Waals surface area contributed by atoms with Gasteiger partial charge in [0.25, 0.3) is 5.91 Å². The fourth-order valence-electron chi connectivity index (χ4n) is 2.18. The largest absolute Gasteiger partial charge is 0.508 e. The normalized spacial score (nSPS) is 11.4. The van der Waals surface area contributed by atoms with Crippen LogP contribution in [-0.2, 0) is 9.53 Å². The monoisotopic (exact) mass is 367 g/mol. The van der Waals surface area contributed by atoms with Crippen LogP contribution in [-0.4, -0.2) is 22.3 Å². The first-order valence-electron chi connectivity index (χ1n) is 7.89. The summed E-state index contributed by atoms with van der Waals surface area (Å²) in [6.45, 7) is 0. The minimum absolute atomic E-state index is 0.0646. The van der Waals surface area contributed by atoms with Gasteiger partial charge in [-0.05, 0) is 42.0 Å². The standard InChI is InChI=1S/C19H17N3O5/c20-12-13-4-8-15(9-5-13)21-19(25)27-17(2-1-3-18(24)22-26)14-6-10-16(23)11-7-14/h1,3-11,17,23,26H,2H2,(H,21,25)(H,22,24)/b3-1+/t17-/m1/s1. The number of benzene rings is 2. The highest BCUT2D eigenvalue weighted by atomic mass is 16.6. The van der Waals surface area contributed by atoms with Gasteiger partial charge in [-0.1, -0.05) is 18.2 Å². The molecule has 0 fully saturated rings. The van der Waals surface area contributed by atoms with Crippen LogP contribution >= 0.6 is 0 Å². The number of anilines is 1. The minimum Gasteiger partial charge on any atom is -0.508 e. The number of carbonyl (C=O) groups is 2. The molecule has 0 aliphatic rings. The molecule has 0 saturated heterocycles. The number of hydrogen-bond acceptors (Lipinski definition) is 6. The zero-order valence-electron chi connectivity index (χ0n) is 14.1. The molecule has 0 saturated carbocycles. The first-order chi connectivity index (χ1) is 13.0. The molecule has 0 aliphatic carbocycles. The van der Waals surface area contributed by atoms with E-state index >= 15 is 0 Å². The Labute approximate surface area is 155 Å². The van der Waals surface area contributed by atoms with E-state index in [-0.39, 0.29) is 12.2 Å². The van der Waals surface area contributed by atoms with E-state index in [0.717, 1.165) is 6.08 Å². The minimum atomic E-state index is -0.730. The van der Waals surface area contributed by atoms with Gasteiger partial charge < -0.3 is 9.84 Å². The lowest BCUT2D eigenvalue weighted by Crippen LogP contribution is -2.18. The van der Waals surface area contributed by atoms with Gasteiger partial charge >= 0.3 is 6.09 Å². The van der Waals surface area contributed by atoms with E-state index in [1.165, 1.54) is 23.7 Å². The number of hydrogen-bond donors (Lipinski definition) is 4. The first-order valence-corrected chi connectivity index (χ1v) is 7.89. The molecule has 0 spiro atoms. The van der Waals surface area contributed by atoms with Crippen LogP contribution in [0.1, 0.15) is 23.7 Å². The molecule has 138 valence electrons. The smallest absolute Gasteiger partial charge is 0.412 e. The van der Waals surface area contributed by atoms with E-state index in [9.17, 15) is 14.7 Å². The number of phenols is 1. The predicted octanol–water partition coefficient (Wildman–Crippen LogP) is 3.01. The predicted molar refractivity (Wildman–Crippen MR) is 95.8 cm³/mol. The van der Waals surface area contributed by atoms with Crippen molar-refractivity contribution in [2.45, 2.75) is 12.5 Å². The third-order valence-corrected chi connectivity index (χ3v) is 3.50. The Bertz CT molecular complexity index is 854. The van der Waals surface area contributed by atoms with Crippen molar-refractivity contribution < 1.29 is 24.6 Å². The molecule has 2 aromatic carbocycles. The summed E-state index contributed by atoms with van der Waals surface area (Å²) in [6, 6.07) is 14.3. The third-order valence-electron chi connectivity index (χ3n) is 3.50. The van der Waals surface area contributed by atoms with Gasteiger partial charge in [0, 0.05) is 18.2 Å². The zero-order valence-corrected chi connectivity index (χ0v) is 14.1. The highest BCUT2D eigenvalue weighted by molar-refractivity contribution is 5.86. The fraction of sp³-hybridized carbons (Fsp3) is 0.105. The van der Waals surface area contributed by atoms with Gasteiger partial charge in [-0.25, -0.2) is 10.3 Å². The molecule has 4 N–H and O–H groups in total. The van der Waals surface area contributed by atoms with Crippen molar-refractivity contribution in [2.75, 3.05) is 5.32 Å². The molecular weight excluding hydrogens is 350 g/mol. The van der Waals surface area contributed by atoms with Crippen molar-refractivity contribution in [1.29, 1.82) is 5.26 Å². The topological polar surface area (TPSA) is 132 Å². The van der Waals surface area contributed by atoms with Gasteiger partial charge in [0.1, 0.15) is 11.9 Å². The van der Waals surface area contributed by atoms with E-state index in [1.54, 1.807) is 36.4 Å². The van der Waals surface area contributed by atoms with Crippen molar-refractivity contribution in [2.24, 2.45) is 0 Å². The number of amides is 2. The van der Waals surface area contributed by atoms with Crippen LogP contribution in [0.15, 0.2) is 60.7 Å². The first kappa shape index (κ1) is 19.5. The maximum Gasteiger partial charge on any atom is 0.412 e. The van der Waals surface area contributed by atoms with Crippen LogP contribution in [0.4, 0.5) is 10.5 Å². The van der Waals surface area contributed by atoms with Crippen molar-refractivity contribution in [1.82, 2.24) is 5.48 Å². The van der Waals surface area contributed by atoms with Crippen LogP contribution in [0.2, 0.25) is 0 Å². The number of hydroxylamine groups is 1. The van der Waals surface area contributed by atoms with E-state index in [0.29, 0.717) is 16.8 Å². The summed E-state index contributed by atoms with van der Waals surface area (Å²) in [4.78, 5) is 23.2. The second kappa shape index (κ2) is 9.60. The van der Waals surface area contributed by atoms with Gasteiger partial charge in [-0.15, -0.1) is 0 Å². The summed E-state index contributed by atoms with van der Waals surface area (Å²) in [5, 5.41) is 29.2. The van der Waals surface area contributed by atoms with E-state index in [2.05, 4.69) is 5.32 Å². The summed E-state index contributed by atoms with van der Waals surface area (Å²) < 4.78 is 5.41. The average molecular weight is 367 g/mol. The summed E-state index contributed by atoms with van der Waals surface area (Å²) in [6.07, 6.45) is 1.26. The molecule has 1 atom stereocenters. The SMILES string of the molecule is N#Cc1ccc(NC(=O)O[C@H](C/C=C/C(=O)NO)c2ccc(O)cc2)cc1. The Balaban J connectivity index is 2.08. The zero-order chi connectivity index (χ0) is 19.6. The summed E-state index contributed by atoms with van der Waals surface area (Å²) in [5.41, 5.74) is 2.99. The average Bonchev–Trinajstić information content (AvgIpc) is 2.68. The second-order valence-corrected chi connectivity index (χ2v) is 5.41. The lowest BCUT2D eigenvalue weighted by atomic mass is 10.1. The highest BCUT2D eigenvalue weighted by Gasteiger charge is 2.16. The van der Waals surface area contributed by atoms with Gasteiger partial charge in [-0.2, -0.15) is 5.26 Å². The fourth-order valence-corrected chi connectivity index (χ4v) is 2.18. The number of carbonyl (C=O) groups excluding carboxylic acids is 2. The molecule has 0 unspecified atom stereocenters. The van der Waals surface area contributed by atoms with Crippen LogP contribution in [0.5, 0.6) is 5.75 Å². The van der Waals surface area contributed by atoms with Crippen LogP contribution < -0.4 is 10.8 Å². The van der Waals surface area contributed by atoms with Gasteiger partial charge in [0.2, 0.25) is 0 Å². The highest BCUT2D eigenvalue weighted by Crippen LogP contribution is 2.24. The van der Waals surface area contributed by atoms with Crippen molar-refractivity contribution in [3.8, 4) is 11.8 Å². The quantitative estimate of drug-likeness (QED) is 0.352. The molecule has 0 bridgehead atoms. The Kier molecular flexibility index (Phi) is 6.93. The summed E-state index contributed by atoms with van der Waals surface area (Å²) in [7, 11) is 0. The van der Waals surface area contributed by atoms with Crippen LogP contribution in [0.25, 0.3) is 0 Å². The Morgan fingerprint density at radius 2 is 1.81 bits per heavy atom. The second-order valence-electron chi connectivity index (χ2n) is 5.41. The van der Waals surface area contributed by atoms with Crippen LogP contribution in [0.3, 0.4) is 0 Å². The molecule has 8 nitrogen and oxygen atoms in total. The lowest BCUT2D eigenvalue weighted by molar-refractivity contribution is -0.124. The lowest BCUT2D eigenvalue weighted by Gasteiger charge is -2.17. The Hall–Kier alpha value is -3.83. The maximum atomic E-state index is 12.2. The van der Waals surface area contributed by atoms with E-state index in [4.69, 9.17) is 15.2 Å². The van der Waals surface area contributed by atoms with Gasteiger partial charge in [-0.3, -0.25) is 15.3 Å². The number of nitriles is 1. The van der Waals surface area contributed by atoms with E-state index in [1.807, 2.05) is 6.07 Å². The molecule has 8 heteroatoms. The maximum absolute atomic E-state index is 12.2. The molecule has 2 amide bonds. The number of rotatable bonds is 6. The van der Waals surface area contributed by atoms with Crippen LogP contribution in [0, 0.1) is 11.3 Å². The molecule has 2 rings (SSSR count). The van der Waals surface area contributed by atoms with Crippen molar-refractivity contribution in [3.05, 3.63) is 71.8 Å². The number of ether oxygens (including phenoxy) is 1. The van der Waals surface area contributed by atoms with Gasteiger partial charge in [0.15, 0.2) is 0 Å². The number of nitrogens with one attached hydrogen (secondary N) is 2. The molecule has 2 aromatic rings. The summed E-state index contributed by atoms with van der Waals surface area (Å²) in [5.74, 6) is -0.642.